The quantitative estimate of drug-likeness (QED) is 0.589. The van der Waals surface area contributed by atoms with E-state index in [1.54, 1.807) is 5.57 Å². The Labute approximate surface area is 196 Å². The summed E-state index contributed by atoms with van der Waals surface area (Å²) in [5, 5.41) is 0. The summed E-state index contributed by atoms with van der Waals surface area (Å²) in [5.74, 6) is 1.84. The molecule has 0 spiro atoms. The smallest absolute Gasteiger partial charge is 0.144 e. The van der Waals surface area contributed by atoms with E-state index in [2.05, 4.69) is 67.7 Å². The molecule has 1 unspecified atom stereocenters. The molecular formula is C26H42ClN3O. The fourth-order valence-electron chi connectivity index (χ4n) is 5.30. The number of ether oxygens (including phenoxy) is 1. The minimum absolute atomic E-state index is 0. The number of hydrogen-bond donors (Lipinski definition) is 0. The molecule has 1 aliphatic carbocycles. The van der Waals surface area contributed by atoms with Crippen LogP contribution in [0.1, 0.15) is 58.9 Å². The molecule has 0 radical (unpaired) electrons. The van der Waals surface area contributed by atoms with Gasteiger partial charge < -0.3 is 14.5 Å². The SMILES string of the molecule is CCCN1CCN(c2cc3c(cc2C2=CCC(C(C)(C)C)CC2)N(C)CCO3)CC1.Cl. The first-order valence-electron chi connectivity index (χ1n) is 12.1. The number of halogens is 1. The standard InChI is InChI=1S/C26H41N3O.ClH/c1-6-11-28-12-14-29(15-13-28)23-19-25-24(27(5)16-17-30-25)18-22(23)20-7-9-21(10-8-20)26(2,3)4;/h7,18-19,21H,6,8-17H2,1-5H3;1H. The lowest BCUT2D eigenvalue weighted by molar-refractivity contribution is 0.225. The Morgan fingerprint density at radius 1 is 1.03 bits per heavy atom. The summed E-state index contributed by atoms with van der Waals surface area (Å²) in [6, 6.07) is 4.76. The molecule has 5 heteroatoms. The van der Waals surface area contributed by atoms with Crippen molar-refractivity contribution >= 4 is 29.4 Å². The lowest BCUT2D eigenvalue weighted by Crippen LogP contribution is -2.46. The second-order valence-corrected chi connectivity index (χ2v) is 10.5. The van der Waals surface area contributed by atoms with Gasteiger partial charge in [-0.25, -0.2) is 0 Å². The van der Waals surface area contributed by atoms with E-state index in [-0.39, 0.29) is 12.4 Å². The van der Waals surface area contributed by atoms with Crippen LogP contribution in [0, 0.1) is 11.3 Å². The molecule has 3 aliphatic rings. The zero-order valence-corrected chi connectivity index (χ0v) is 21.1. The van der Waals surface area contributed by atoms with Crippen molar-refractivity contribution in [2.45, 2.75) is 53.4 Å². The minimum atomic E-state index is 0. The van der Waals surface area contributed by atoms with Crippen LogP contribution >= 0.6 is 12.4 Å². The molecule has 1 atom stereocenters. The Morgan fingerprint density at radius 2 is 1.77 bits per heavy atom. The third kappa shape index (κ3) is 5.34. The Bertz CT molecular complexity index is 778. The number of piperazine rings is 1. The molecule has 0 saturated carbocycles. The number of hydrogen-bond acceptors (Lipinski definition) is 4. The van der Waals surface area contributed by atoms with Crippen LogP contribution in [0.2, 0.25) is 0 Å². The number of likely N-dealkylation sites (N-methyl/N-ethyl adjacent to an activating group) is 1. The van der Waals surface area contributed by atoms with Gasteiger partial charge in [0.2, 0.25) is 0 Å². The summed E-state index contributed by atoms with van der Waals surface area (Å²) >= 11 is 0. The molecule has 174 valence electrons. The van der Waals surface area contributed by atoms with Crippen molar-refractivity contribution in [3.63, 3.8) is 0 Å². The molecule has 2 heterocycles. The Kier molecular flexibility index (Phi) is 7.86. The molecule has 1 saturated heterocycles. The van der Waals surface area contributed by atoms with Crippen LogP contribution in [0.25, 0.3) is 5.57 Å². The molecule has 0 amide bonds. The van der Waals surface area contributed by atoms with E-state index >= 15 is 0 Å². The third-order valence-corrected chi connectivity index (χ3v) is 7.41. The summed E-state index contributed by atoms with van der Waals surface area (Å²) in [5.41, 5.74) is 6.03. The van der Waals surface area contributed by atoms with Crippen molar-refractivity contribution in [1.29, 1.82) is 0 Å². The summed E-state index contributed by atoms with van der Waals surface area (Å²) in [6.07, 6.45) is 7.47. The van der Waals surface area contributed by atoms with Crippen molar-refractivity contribution in [3.8, 4) is 5.75 Å². The fourth-order valence-corrected chi connectivity index (χ4v) is 5.30. The molecule has 4 rings (SSSR count). The van der Waals surface area contributed by atoms with E-state index < -0.39 is 0 Å². The van der Waals surface area contributed by atoms with Crippen molar-refractivity contribution in [3.05, 3.63) is 23.8 Å². The molecule has 0 bridgehead atoms. The minimum Gasteiger partial charge on any atom is -0.489 e. The van der Waals surface area contributed by atoms with Gasteiger partial charge in [-0.3, -0.25) is 4.90 Å². The summed E-state index contributed by atoms with van der Waals surface area (Å²) in [7, 11) is 2.19. The van der Waals surface area contributed by atoms with Crippen LogP contribution in [0.4, 0.5) is 11.4 Å². The second-order valence-electron chi connectivity index (χ2n) is 10.5. The molecule has 0 N–H and O–H groups in total. The predicted octanol–water partition coefficient (Wildman–Crippen LogP) is 5.70. The molecule has 4 nitrogen and oxygen atoms in total. The van der Waals surface area contributed by atoms with Gasteiger partial charge in [-0.05, 0) is 55.2 Å². The molecule has 1 aromatic rings. The van der Waals surface area contributed by atoms with Crippen molar-refractivity contribution < 1.29 is 4.74 Å². The lowest BCUT2D eigenvalue weighted by atomic mass is 9.72. The molecule has 1 fully saturated rings. The predicted molar refractivity (Wildman–Crippen MR) is 136 cm³/mol. The highest BCUT2D eigenvalue weighted by atomic mass is 35.5. The zero-order chi connectivity index (χ0) is 21.3. The van der Waals surface area contributed by atoms with Gasteiger partial charge >= 0.3 is 0 Å². The monoisotopic (exact) mass is 447 g/mol. The van der Waals surface area contributed by atoms with E-state index in [4.69, 9.17) is 4.74 Å². The Morgan fingerprint density at radius 3 is 2.39 bits per heavy atom. The first-order chi connectivity index (χ1) is 14.4. The number of allylic oxidation sites excluding steroid dienone is 2. The number of fused-ring (bicyclic) bond motifs is 1. The summed E-state index contributed by atoms with van der Waals surface area (Å²) in [4.78, 5) is 7.57. The molecule has 2 aliphatic heterocycles. The highest BCUT2D eigenvalue weighted by Gasteiger charge is 2.29. The maximum Gasteiger partial charge on any atom is 0.144 e. The van der Waals surface area contributed by atoms with Crippen molar-refractivity contribution in [2.75, 3.05) is 62.7 Å². The van der Waals surface area contributed by atoms with Gasteiger partial charge in [0, 0.05) is 50.5 Å². The van der Waals surface area contributed by atoms with Crippen LogP contribution in [0.3, 0.4) is 0 Å². The van der Waals surface area contributed by atoms with Crippen LogP contribution in [0.5, 0.6) is 5.75 Å². The molecule has 0 aromatic heterocycles. The van der Waals surface area contributed by atoms with E-state index in [0.717, 1.165) is 51.0 Å². The molecule has 31 heavy (non-hydrogen) atoms. The second kappa shape index (κ2) is 10.0. The molecule has 1 aromatic carbocycles. The maximum atomic E-state index is 6.09. The van der Waals surface area contributed by atoms with Crippen LogP contribution in [0.15, 0.2) is 18.2 Å². The van der Waals surface area contributed by atoms with E-state index in [9.17, 15) is 0 Å². The van der Waals surface area contributed by atoms with E-state index in [1.807, 2.05) is 0 Å². The maximum absolute atomic E-state index is 6.09. The highest BCUT2D eigenvalue weighted by Crippen LogP contribution is 2.45. The van der Waals surface area contributed by atoms with Crippen LogP contribution in [-0.4, -0.2) is 57.8 Å². The van der Waals surface area contributed by atoms with Crippen LogP contribution in [-0.2, 0) is 0 Å². The average molecular weight is 448 g/mol. The van der Waals surface area contributed by atoms with Gasteiger partial charge in [0.05, 0.1) is 12.2 Å². The lowest BCUT2D eigenvalue weighted by Gasteiger charge is -2.39. The summed E-state index contributed by atoms with van der Waals surface area (Å²) < 4.78 is 6.09. The van der Waals surface area contributed by atoms with Gasteiger partial charge in [0.25, 0.3) is 0 Å². The number of nitrogens with zero attached hydrogens (tertiary/aromatic N) is 3. The van der Waals surface area contributed by atoms with Crippen LogP contribution < -0.4 is 14.5 Å². The van der Waals surface area contributed by atoms with Gasteiger partial charge in [-0.15, -0.1) is 12.4 Å². The van der Waals surface area contributed by atoms with Gasteiger partial charge in [0.15, 0.2) is 0 Å². The topological polar surface area (TPSA) is 19.0 Å². The van der Waals surface area contributed by atoms with Gasteiger partial charge in [-0.2, -0.15) is 0 Å². The van der Waals surface area contributed by atoms with E-state index in [1.165, 1.54) is 49.2 Å². The number of anilines is 2. The number of benzene rings is 1. The Balaban J connectivity index is 0.00000272. The fraction of sp³-hybridized carbons (Fsp3) is 0.692. The number of rotatable bonds is 4. The van der Waals surface area contributed by atoms with Crippen molar-refractivity contribution in [2.24, 2.45) is 11.3 Å². The normalized spacial score (nSPS) is 22.4. The highest BCUT2D eigenvalue weighted by molar-refractivity contribution is 5.85. The molecular weight excluding hydrogens is 406 g/mol. The van der Waals surface area contributed by atoms with E-state index in [0.29, 0.717) is 5.41 Å². The largest absolute Gasteiger partial charge is 0.489 e. The average Bonchev–Trinajstić information content (AvgIpc) is 2.74. The summed E-state index contributed by atoms with van der Waals surface area (Å²) in [6.45, 7) is 17.0. The van der Waals surface area contributed by atoms with Crippen molar-refractivity contribution in [1.82, 2.24) is 4.90 Å². The first-order valence-corrected chi connectivity index (χ1v) is 12.1. The van der Waals surface area contributed by atoms with Gasteiger partial charge in [-0.1, -0.05) is 33.8 Å². The zero-order valence-electron chi connectivity index (χ0n) is 20.2. The van der Waals surface area contributed by atoms with Gasteiger partial charge in [0.1, 0.15) is 12.4 Å². The Hall–Kier alpha value is -1.39. The first kappa shape index (κ1) is 24.3. The third-order valence-electron chi connectivity index (χ3n) is 7.41.